The number of anilines is 1. The fraction of sp³-hybridized carbons (Fsp3) is 0.120. The summed E-state index contributed by atoms with van der Waals surface area (Å²) >= 11 is 5.65. The van der Waals surface area contributed by atoms with E-state index >= 15 is 0 Å². The van der Waals surface area contributed by atoms with Crippen LogP contribution in [0.25, 0.3) is 0 Å². The molecule has 0 fully saturated rings. The molecule has 3 aromatic carbocycles. The van der Waals surface area contributed by atoms with Gasteiger partial charge < -0.3 is 5.32 Å². The van der Waals surface area contributed by atoms with Crippen LogP contribution in [-0.4, -0.2) is 29.1 Å². The summed E-state index contributed by atoms with van der Waals surface area (Å²) in [6.07, 6.45) is -0.183. The third kappa shape index (κ3) is 4.09. The maximum absolute atomic E-state index is 13.3. The van der Waals surface area contributed by atoms with Crippen molar-refractivity contribution in [2.45, 2.75) is 12.8 Å². The fourth-order valence-electron chi connectivity index (χ4n) is 3.75. The molecule has 0 bridgehead atoms. The molecule has 0 aromatic heterocycles. The molecule has 0 saturated heterocycles. The quantitative estimate of drug-likeness (QED) is 0.449. The Morgan fingerprint density at radius 3 is 2.12 bits per heavy atom. The second-order valence-corrected chi connectivity index (χ2v) is 7.69. The minimum atomic E-state index is -0.469. The lowest BCUT2D eigenvalue weighted by Gasteiger charge is -2.22. The van der Waals surface area contributed by atoms with Crippen molar-refractivity contribution >= 4 is 40.5 Å². The molecule has 0 atom stereocenters. The number of carbonyl (C=O) groups excluding carboxylic acids is 4. The van der Waals surface area contributed by atoms with Crippen molar-refractivity contribution in [2.75, 3.05) is 11.2 Å². The van der Waals surface area contributed by atoms with Crippen LogP contribution in [0.5, 0.6) is 0 Å². The topological polar surface area (TPSA) is 80.3 Å². The van der Waals surface area contributed by atoms with E-state index in [2.05, 4.69) is 5.32 Å². The number of halogens is 2. The van der Waals surface area contributed by atoms with E-state index in [1.807, 2.05) is 0 Å². The zero-order valence-electron chi connectivity index (χ0n) is 16.8. The SMILES string of the molecule is O=C(CCl)Cc1ccc2c(c1NC(=O)Cc1ccc(F)cc1)C(=O)c1ccccc1C2=O. The maximum atomic E-state index is 13.3. The van der Waals surface area contributed by atoms with Gasteiger partial charge in [0.25, 0.3) is 0 Å². The summed E-state index contributed by atoms with van der Waals surface area (Å²) in [7, 11) is 0. The molecule has 0 saturated carbocycles. The van der Waals surface area contributed by atoms with Crippen LogP contribution in [0.4, 0.5) is 10.1 Å². The van der Waals surface area contributed by atoms with Gasteiger partial charge in [0, 0.05) is 23.1 Å². The second kappa shape index (κ2) is 8.85. The largest absolute Gasteiger partial charge is 0.325 e. The molecule has 4 rings (SSSR count). The molecule has 5 nitrogen and oxygen atoms in total. The van der Waals surface area contributed by atoms with Crippen molar-refractivity contribution in [1.29, 1.82) is 0 Å². The van der Waals surface area contributed by atoms with Crippen LogP contribution in [0, 0.1) is 5.82 Å². The van der Waals surface area contributed by atoms with Gasteiger partial charge in [-0.25, -0.2) is 4.39 Å². The standard InChI is InChI=1S/C25H17ClFNO4/c26-13-17(29)12-15-7-10-20-22(25(32)19-4-2-1-3-18(19)24(20)31)23(15)28-21(30)11-14-5-8-16(27)9-6-14/h1-10H,11-13H2,(H,28,30). The average Bonchev–Trinajstić information content (AvgIpc) is 2.79. The van der Waals surface area contributed by atoms with Crippen LogP contribution in [-0.2, 0) is 22.4 Å². The number of fused-ring (bicyclic) bond motifs is 2. The van der Waals surface area contributed by atoms with E-state index in [0.29, 0.717) is 11.1 Å². The number of nitrogens with one attached hydrogen (secondary N) is 1. The van der Waals surface area contributed by atoms with Crippen molar-refractivity contribution in [1.82, 2.24) is 0 Å². The highest BCUT2D eigenvalue weighted by Crippen LogP contribution is 2.34. The summed E-state index contributed by atoms with van der Waals surface area (Å²) in [6, 6.07) is 15.0. The maximum Gasteiger partial charge on any atom is 0.228 e. The molecule has 0 unspecified atom stereocenters. The first-order valence-electron chi connectivity index (χ1n) is 9.85. The molecule has 0 spiro atoms. The van der Waals surface area contributed by atoms with Gasteiger partial charge >= 0.3 is 0 Å². The molecular formula is C25H17ClFNO4. The molecule has 1 aliphatic rings. The third-order valence-corrected chi connectivity index (χ3v) is 5.56. The minimum absolute atomic E-state index is 0.0565. The van der Waals surface area contributed by atoms with Gasteiger partial charge in [0.05, 0.1) is 23.6 Å². The van der Waals surface area contributed by atoms with E-state index in [9.17, 15) is 23.6 Å². The second-order valence-electron chi connectivity index (χ2n) is 7.43. The Bertz CT molecular complexity index is 1270. The molecule has 0 radical (unpaired) electrons. The molecular weight excluding hydrogens is 433 g/mol. The van der Waals surface area contributed by atoms with Crippen LogP contribution in [0.15, 0.2) is 60.7 Å². The Morgan fingerprint density at radius 2 is 1.47 bits per heavy atom. The summed E-state index contributed by atoms with van der Waals surface area (Å²) in [5.74, 6) is -2.15. The van der Waals surface area contributed by atoms with Gasteiger partial charge in [0.2, 0.25) is 5.91 Å². The number of hydrogen-bond acceptors (Lipinski definition) is 4. The molecule has 160 valence electrons. The molecule has 1 aliphatic carbocycles. The highest BCUT2D eigenvalue weighted by Gasteiger charge is 2.33. The smallest absolute Gasteiger partial charge is 0.228 e. The summed E-state index contributed by atoms with van der Waals surface area (Å²) in [5, 5.41) is 2.71. The first-order valence-corrected chi connectivity index (χ1v) is 10.4. The van der Waals surface area contributed by atoms with E-state index in [0.717, 1.165) is 0 Å². The van der Waals surface area contributed by atoms with Crippen molar-refractivity contribution in [2.24, 2.45) is 0 Å². The predicted octanol–water partition coefficient (Wildman–Crippen LogP) is 4.13. The molecule has 0 aliphatic heterocycles. The Balaban J connectivity index is 1.77. The van der Waals surface area contributed by atoms with Crippen molar-refractivity contribution in [3.05, 3.63) is 99.9 Å². The first-order chi connectivity index (χ1) is 15.4. The molecule has 1 N–H and O–H groups in total. The summed E-state index contributed by atoms with van der Waals surface area (Å²) in [4.78, 5) is 51.1. The Morgan fingerprint density at radius 1 is 0.812 bits per heavy atom. The number of ketones is 3. The van der Waals surface area contributed by atoms with Crippen LogP contribution in [0.2, 0.25) is 0 Å². The van der Waals surface area contributed by atoms with Gasteiger partial charge in [0.1, 0.15) is 5.82 Å². The number of alkyl halides is 1. The van der Waals surface area contributed by atoms with Gasteiger partial charge in [-0.2, -0.15) is 0 Å². The minimum Gasteiger partial charge on any atom is -0.325 e. The van der Waals surface area contributed by atoms with E-state index in [4.69, 9.17) is 11.6 Å². The lowest BCUT2D eigenvalue weighted by atomic mass is 9.81. The number of Topliss-reactive ketones (excluding diaryl/α,β-unsaturated/α-hetero) is 1. The van der Waals surface area contributed by atoms with E-state index in [1.54, 1.807) is 30.3 Å². The van der Waals surface area contributed by atoms with Crippen LogP contribution in [0.3, 0.4) is 0 Å². The van der Waals surface area contributed by atoms with Gasteiger partial charge in [-0.05, 0) is 29.3 Å². The third-order valence-electron chi connectivity index (χ3n) is 5.26. The Hall–Kier alpha value is -3.64. The average molecular weight is 450 g/mol. The summed E-state index contributed by atoms with van der Waals surface area (Å²) in [5.41, 5.74) is 1.83. The van der Waals surface area contributed by atoms with Gasteiger partial charge in [-0.15, -0.1) is 11.6 Å². The van der Waals surface area contributed by atoms with Crippen molar-refractivity contribution in [3.8, 4) is 0 Å². The lowest BCUT2D eigenvalue weighted by Crippen LogP contribution is -2.26. The number of carbonyl (C=O) groups is 4. The summed E-state index contributed by atoms with van der Waals surface area (Å²) in [6.45, 7) is 0. The number of amides is 1. The zero-order valence-corrected chi connectivity index (χ0v) is 17.5. The Labute approximate surface area is 188 Å². The Kier molecular flexibility index (Phi) is 5.97. The highest BCUT2D eigenvalue weighted by molar-refractivity contribution is 6.31. The number of rotatable bonds is 6. The van der Waals surface area contributed by atoms with Crippen LogP contribution in [0.1, 0.15) is 43.0 Å². The molecule has 0 heterocycles. The van der Waals surface area contributed by atoms with Gasteiger partial charge in [-0.1, -0.05) is 42.5 Å². The molecule has 32 heavy (non-hydrogen) atoms. The summed E-state index contributed by atoms with van der Waals surface area (Å²) < 4.78 is 13.2. The molecule has 7 heteroatoms. The molecule has 1 amide bonds. The monoisotopic (exact) mass is 449 g/mol. The normalized spacial score (nSPS) is 12.2. The molecule has 3 aromatic rings. The first kappa shape index (κ1) is 21.6. The van der Waals surface area contributed by atoms with Crippen molar-refractivity contribution in [3.63, 3.8) is 0 Å². The van der Waals surface area contributed by atoms with Crippen LogP contribution < -0.4 is 5.32 Å². The van der Waals surface area contributed by atoms with E-state index in [1.165, 1.54) is 30.3 Å². The van der Waals surface area contributed by atoms with Gasteiger partial charge in [0.15, 0.2) is 17.3 Å². The lowest BCUT2D eigenvalue weighted by molar-refractivity contribution is -0.116. The van der Waals surface area contributed by atoms with E-state index < -0.39 is 17.5 Å². The van der Waals surface area contributed by atoms with Gasteiger partial charge in [-0.3, -0.25) is 19.2 Å². The predicted molar refractivity (Wildman–Crippen MR) is 118 cm³/mol. The number of benzene rings is 3. The van der Waals surface area contributed by atoms with E-state index in [-0.39, 0.29) is 58.2 Å². The zero-order chi connectivity index (χ0) is 22.8. The fourth-order valence-corrected chi connectivity index (χ4v) is 3.85. The van der Waals surface area contributed by atoms with Crippen molar-refractivity contribution < 1.29 is 23.6 Å². The number of hydrogen-bond donors (Lipinski definition) is 1. The van der Waals surface area contributed by atoms with Crippen LogP contribution >= 0.6 is 11.6 Å². The highest BCUT2D eigenvalue weighted by atomic mass is 35.5.